The number of nitrogens with one attached hydrogen (secondary N) is 1. The molecule has 1 saturated carbocycles. The molecule has 14 heavy (non-hydrogen) atoms. The lowest BCUT2D eigenvalue weighted by Crippen LogP contribution is -2.48. The van der Waals surface area contributed by atoms with E-state index in [1.54, 1.807) is 0 Å². The Hall–Kier alpha value is -0.0800. The van der Waals surface area contributed by atoms with Crippen molar-refractivity contribution in [2.24, 2.45) is 5.92 Å². The zero-order chi connectivity index (χ0) is 9.80. The van der Waals surface area contributed by atoms with Crippen LogP contribution in [0.1, 0.15) is 38.5 Å². The minimum absolute atomic E-state index is 0.936. The predicted molar refractivity (Wildman–Crippen MR) is 60.5 cm³/mol. The van der Waals surface area contributed by atoms with Crippen molar-refractivity contribution in [2.75, 3.05) is 26.7 Å². The SMILES string of the molecule is CNCCN1CCC[C@H]2CCCC[C@H]21. The normalized spacial score (nSPS) is 34.1. The van der Waals surface area contributed by atoms with E-state index < -0.39 is 0 Å². The second-order valence-electron chi connectivity index (χ2n) is 4.89. The standard InChI is InChI=1S/C12H24N2/c1-13-8-10-14-9-4-6-11-5-2-3-7-12(11)14/h11-13H,2-10H2,1H3/t11-,12-/m1/s1. The van der Waals surface area contributed by atoms with Gasteiger partial charge in [0.05, 0.1) is 0 Å². The molecule has 1 heterocycles. The van der Waals surface area contributed by atoms with Gasteiger partial charge in [0, 0.05) is 19.1 Å². The maximum atomic E-state index is 3.27. The molecule has 1 saturated heterocycles. The number of fused-ring (bicyclic) bond motifs is 1. The van der Waals surface area contributed by atoms with Crippen LogP contribution in [-0.2, 0) is 0 Å². The van der Waals surface area contributed by atoms with E-state index in [0.29, 0.717) is 0 Å². The zero-order valence-electron chi connectivity index (χ0n) is 9.47. The van der Waals surface area contributed by atoms with Gasteiger partial charge in [-0.1, -0.05) is 12.8 Å². The van der Waals surface area contributed by atoms with Gasteiger partial charge in [-0.25, -0.2) is 0 Å². The van der Waals surface area contributed by atoms with Gasteiger partial charge in [0.1, 0.15) is 0 Å². The first-order valence-corrected chi connectivity index (χ1v) is 6.30. The topological polar surface area (TPSA) is 15.3 Å². The highest BCUT2D eigenvalue weighted by molar-refractivity contribution is 4.87. The number of hydrogen-bond acceptors (Lipinski definition) is 2. The van der Waals surface area contributed by atoms with Gasteiger partial charge in [0.25, 0.3) is 0 Å². The van der Waals surface area contributed by atoms with E-state index in [1.807, 2.05) is 0 Å². The van der Waals surface area contributed by atoms with E-state index in [-0.39, 0.29) is 0 Å². The van der Waals surface area contributed by atoms with Crippen LogP contribution >= 0.6 is 0 Å². The average molecular weight is 196 g/mol. The van der Waals surface area contributed by atoms with Gasteiger partial charge in [-0.15, -0.1) is 0 Å². The van der Waals surface area contributed by atoms with Crippen molar-refractivity contribution in [2.45, 2.75) is 44.6 Å². The molecule has 1 N–H and O–H groups in total. The Balaban J connectivity index is 1.88. The van der Waals surface area contributed by atoms with Crippen molar-refractivity contribution < 1.29 is 0 Å². The number of likely N-dealkylation sites (tertiary alicyclic amines) is 1. The molecule has 1 aliphatic heterocycles. The summed E-state index contributed by atoms with van der Waals surface area (Å²) >= 11 is 0. The van der Waals surface area contributed by atoms with Crippen molar-refractivity contribution in [3.05, 3.63) is 0 Å². The van der Waals surface area contributed by atoms with E-state index in [0.717, 1.165) is 18.5 Å². The van der Waals surface area contributed by atoms with Gasteiger partial charge < -0.3 is 5.32 Å². The Kier molecular flexibility index (Phi) is 3.82. The molecule has 2 aliphatic rings. The van der Waals surface area contributed by atoms with Crippen LogP contribution in [-0.4, -0.2) is 37.6 Å². The molecular weight excluding hydrogens is 172 g/mol. The molecule has 2 rings (SSSR count). The summed E-state index contributed by atoms with van der Waals surface area (Å²) in [6, 6.07) is 0.936. The van der Waals surface area contributed by atoms with Crippen LogP contribution in [0.5, 0.6) is 0 Å². The molecule has 0 amide bonds. The quantitative estimate of drug-likeness (QED) is 0.741. The second-order valence-corrected chi connectivity index (χ2v) is 4.89. The maximum absolute atomic E-state index is 3.27. The summed E-state index contributed by atoms with van der Waals surface area (Å²) < 4.78 is 0. The van der Waals surface area contributed by atoms with E-state index >= 15 is 0 Å². The molecule has 2 nitrogen and oxygen atoms in total. The average Bonchev–Trinajstić information content (AvgIpc) is 2.26. The molecular formula is C12H24N2. The third kappa shape index (κ3) is 2.29. The van der Waals surface area contributed by atoms with Crippen LogP contribution in [0.3, 0.4) is 0 Å². The molecule has 0 spiro atoms. The van der Waals surface area contributed by atoms with Crippen LogP contribution in [0.2, 0.25) is 0 Å². The Morgan fingerprint density at radius 2 is 1.93 bits per heavy atom. The first-order chi connectivity index (χ1) is 6.92. The summed E-state index contributed by atoms with van der Waals surface area (Å²) in [5.41, 5.74) is 0. The first-order valence-electron chi connectivity index (χ1n) is 6.30. The predicted octanol–water partition coefficient (Wildman–Crippen LogP) is 1.86. The summed E-state index contributed by atoms with van der Waals surface area (Å²) in [5, 5.41) is 3.27. The lowest BCUT2D eigenvalue weighted by atomic mass is 9.78. The van der Waals surface area contributed by atoms with E-state index in [9.17, 15) is 0 Å². The summed E-state index contributed by atoms with van der Waals surface area (Å²) in [6.07, 6.45) is 8.86. The van der Waals surface area contributed by atoms with Crippen molar-refractivity contribution in [3.63, 3.8) is 0 Å². The minimum atomic E-state index is 0.936. The Morgan fingerprint density at radius 3 is 2.79 bits per heavy atom. The zero-order valence-corrected chi connectivity index (χ0v) is 9.47. The smallest absolute Gasteiger partial charge is 0.0124 e. The number of rotatable bonds is 3. The number of likely N-dealkylation sites (N-methyl/N-ethyl adjacent to an activating group) is 1. The highest BCUT2D eigenvalue weighted by Crippen LogP contribution is 2.34. The van der Waals surface area contributed by atoms with Crippen molar-refractivity contribution >= 4 is 0 Å². The van der Waals surface area contributed by atoms with Gasteiger partial charge in [-0.05, 0) is 45.2 Å². The maximum Gasteiger partial charge on any atom is 0.0124 e. The van der Waals surface area contributed by atoms with Gasteiger partial charge in [-0.3, -0.25) is 4.90 Å². The monoisotopic (exact) mass is 196 g/mol. The molecule has 0 aromatic heterocycles. The molecule has 0 radical (unpaired) electrons. The molecule has 82 valence electrons. The molecule has 0 unspecified atom stereocenters. The van der Waals surface area contributed by atoms with Gasteiger partial charge >= 0.3 is 0 Å². The van der Waals surface area contributed by atoms with E-state index in [4.69, 9.17) is 0 Å². The van der Waals surface area contributed by atoms with Gasteiger partial charge in [0.15, 0.2) is 0 Å². The fourth-order valence-corrected chi connectivity index (χ4v) is 3.26. The highest BCUT2D eigenvalue weighted by atomic mass is 15.2. The highest BCUT2D eigenvalue weighted by Gasteiger charge is 2.32. The lowest BCUT2D eigenvalue weighted by molar-refractivity contribution is 0.0623. The van der Waals surface area contributed by atoms with Crippen LogP contribution in [0.15, 0.2) is 0 Å². The van der Waals surface area contributed by atoms with E-state index in [1.165, 1.54) is 51.6 Å². The molecule has 2 heteroatoms. The number of nitrogens with zero attached hydrogens (tertiary/aromatic N) is 1. The molecule has 0 bridgehead atoms. The molecule has 0 aromatic carbocycles. The minimum Gasteiger partial charge on any atom is -0.318 e. The molecule has 2 atom stereocenters. The second kappa shape index (κ2) is 5.13. The molecule has 0 aromatic rings. The fraction of sp³-hybridized carbons (Fsp3) is 1.00. The van der Waals surface area contributed by atoms with Crippen LogP contribution in [0.4, 0.5) is 0 Å². The third-order valence-electron chi connectivity index (χ3n) is 4.01. The molecule has 1 aliphatic carbocycles. The van der Waals surface area contributed by atoms with Crippen molar-refractivity contribution in [1.82, 2.24) is 10.2 Å². The largest absolute Gasteiger partial charge is 0.318 e. The first kappa shape index (κ1) is 10.4. The Labute approximate surface area is 88.1 Å². The lowest BCUT2D eigenvalue weighted by Gasteiger charge is -2.44. The van der Waals surface area contributed by atoms with Crippen LogP contribution in [0, 0.1) is 5.92 Å². The fourth-order valence-electron chi connectivity index (χ4n) is 3.26. The number of hydrogen-bond donors (Lipinski definition) is 1. The van der Waals surface area contributed by atoms with Gasteiger partial charge in [0.2, 0.25) is 0 Å². The Morgan fingerprint density at radius 1 is 1.14 bits per heavy atom. The van der Waals surface area contributed by atoms with Crippen molar-refractivity contribution in [1.29, 1.82) is 0 Å². The van der Waals surface area contributed by atoms with E-state index in [2.05, 4.69) is 17.3 Å². The number of piperidine rings is 1. The summed E-state index contributed by atoms with van der Waals surface area (Å²) in [7, 11) is 2.06. The summed E-state index contributed by atoms with van der Waals surface area (Å²) in [5.74, 6) is 1.04. The third-order valence-corrected chi connectivity index (χ3v) is 4.01. The van der Waals surface area contributed by atoms with Crippen LogP contribution < -0.4 is 5.32 Å². The summed E-state index contributed by atoms with van der Waals surface area (Å²) in [4.78, 5) is 2.74. The molecule has 2 fully saturated rings. The van der Waals surface area contributed by atoms with Crippen molar-refractivity contribution in [3.8, 4) is 0 Å². The Bertz CT molecular complexity index is 168. The summed E-state index contributed by atoms with van der Waals surface area (Å²) in [6.45, 7) is 3.77. The van der Waals surface area contributed by atoms with Gasteiger partial charge in [-0.2, -0.15) is 0 Å². The van der Waals surface area contributed by atoms with Crippen LogP contribution in [0.25, 0.3) is 0 Å².